The van der Waals surface area contributed by atoms with Crippen molar-refractivity contribution in [1.29, 1.82) is 0 Å². The zero-order valence-corrected chi connectivity index (χ0v) is 8.06. The molecule has 0 atom stereocenters. The van der Waals surface area contributed by atoms with Gasteiger partial charge in [-0.25, -0.2) is 0 Å². The Morgan fingerprint density at radius 2 is 2.25 bits per heavy atom. The van der Waals surface area contributed by atoms with E-state index < -0.39 is 0 Å². The topological polar surface area (TPSA) is 41.8 Å². The van der Waals surface area contributed by atoms with E-state index in [-0.39, 0.29) is 0 Å². The van der Waals surface area contributed by atoms with Crippen molar-refractivity contribution in [3.63, 3.8) is 0 Å². The number of aromatic amines is 1. The molecule has 2 aromatic rings. The molecule has 0 aliphatic carbocycles. The van der Waals surface area contributed by atoms with Crippen LogP contribution in [0.3, 0.4) is 0 Å². The average molecular weight is 225 g/mol. The molecule has 0 aliphatic heterocycles. The quantitative estimate of drug-likeness (QED) is 0.768. The molecule has 62 valence electrons. The van der Waals surface area contributed by atoms with Crippen LogP contribution in [0, 0.1) is 0 Å². The van der Waals surface area contributed by atoms with Gasteiger partial charge in [-0.15, -0.1) is 0 Å². The van der Waals surface area contributed by atoms with Crippen molar-refractivity contribution < 1.29 is 0 Å². The molecule has 0 aliphatic rings. The molecule has 0 spiro atoms. The second kappa shape index (κ2) is 2.92. The van der Waals surface area contributed by atoms with Crippen molar-refractivity contribution in [2.75, 3.05) is 0 Å². The fourth-order valence-corrected chi connectivity index (χ4v) is 1.83. The molecule has 0 amide bonds. The number of aromatic nitrogens is 1. The third kappa shape index (κ3) is 1.06. The van der Waals surface area contributed by atoms with Crippen LogP contribution >= 0.6 is 15.9 Å². The fraction of sp³-hybridized carbons (Fsp3) is 0.111. The lowest BCUT2D eigenvalue weighted by Crippen LogP contribution is -1.93. The Labute approximate surface area is 78.9 Å². The van der Waals surface area contributed by atoms with Gasteiger partial charge in [0.05, 0.1) is 5.52 Å². The van der Waals surface area contributed by atoms with Gasteiger partial charge < -0.3 is 10.7 Å². The first-order chi connectivity index (χ1) is 5.83. The van der Waals surface area contributed by atoms with Crippen LogP contribution in [0.25, 0.3) is 10.9 Å². The smallest absolute Gasteiger partial charge is 0.0601 e. The molecular weight excluding hydrogens is 216 g/mol. The molecule has 0 radical (unpaired) electrons. The zero-order valence-electron chi connectivity index (χ0n) is 6.47. The van der Waals surface area contributed by atoms with Gasteiger partial charge in [0.1, 0.15) is 0 Å². The lowest BCUT2D eigenvalue weighted by molar-refractivity contribution is 1.08. The van der Waals surface area contributed by atoms with Gasteiger partial charge in [-0.05, 0) is 27.6 Å². The van der Waals surface area contributed by atoms with Crippen LogP contribution in [-0.2, 0) is 6.54 Å². The number of halogens is 1. The Kier molecular flexibility index (Phi) is 1.90. The molecule has 3 heteroatoms. The summed E-state index contributed by atoms with van der Waals surface area (Å²) in [4.78, 5) is 3.18. The average Bonchev–Trinajstić information content (AvgIpc) is 2.49. The summed E-state index contributed by atoms with van der Waals surface area (Å²) in [5.41, 5.74) is 7.86. The highest BCUT2D eigenvalue weighted by atomic mass is 79.9. The van der Waals surface area contributed by atoms with Crippen molar-refractivity contribution in [3.05, 3.63) is 34.4 Å². The van der Waals surface area contributed by atoms with E-state index in [2.05, 4.69) is 27.0 Å². The van der Waals surface area contributed by atoms with Gasteiger partial charge in [0.25, 0.3) is 0 Å². The fourth-order valence-electron chi connectivity index (χ4n) is 1.34. The molecule has 0 saturated heterocycles. The van der Waals surface area contributed by atoms with Crippen LogP contribution in [0.15, 0.2) is 28.9 Å². The van der Waals surface area contributed by atoms with Gasteiger partial charge in [-0.1, -0.05) is 12.1 Å². The maximum atomic E-state index is 5.58. The summed E-state index contributed by atoms with van der Waals surface area (Å²) in [7, 11) is 0. The van der Waals surface area contributed by atoms with E-state index in [0.717, 1.165) is 15.6 Å². The molecule has 2 nitrogen and oxygen atoms in total. The van der Waals surface area contributed by atoms with Crippen molar-refractivity contribution >= 4 is 26.8 Å². The first-order valence-corrected chi connectivity index (χ1v) is 4.57. The molecule has 12 heavy (non-hydrogen) atoms. The maximum Gasteiger partial charge on any atom is 0.0601 e. The normalized spacial score (nSPS) is 10.8. The SMILES string of the molecule is NCc1c[nH]c2c(Br)cccc12. The van der Waals surface area contributed by atoms with Gasteiger partial charge in [-0.2, -0.15) is 0 Å². The summed E-state index contributed by atoms with van der Waals surface area (Å²) in [6.07, 6.45) is 1.95. The minimum atomic E-state index is 0.580. The van der Waals surface area contributed by atoms with E-state index in [9.17, 15) is 0 Å². The Hall–Kier alpha value is -0.800. The Balaban J connectivity index is 2.80. The van der Waals surface area contributed by atoms with E-state index in [1.54, 1.807) is 0 Å². The van der Waals surface area contributed by atoms with Crippen molar-refractivity contribution in [2.45, 2.75) is 6.54 Å². The van der Waals surface area contributed by atoms with Crippen molar-refractivity contribution in [1.82, 2.24) is 4.98 Å². The third-order valence-corrected chi connectivity index (χ3v) is 2.63. The van der Waals surface area contributed by atoms with Crippen LogP contribution in [0.2, 0.25) is 0 Å². The molecule has 0 unspecified atom stereocenters. The van der Waals surface area contributed by atoms with E-state index in [1.807, 2.05) is 18.3 Å². The Morgan fingerprint density at radius 3 is 3.00 bits per heavy atom. The lowest BCUT2D eigenvalue weighted by atomic mass is 10.2. The zero-order chi connectivity index (χ0) is 8.55. The Morgan fingerprint density at radius 1 is 1.42 bits per heavy atom. The van der Waals surface area contributed by atoms with Crippen molar-refractivity contribution in [3.8, 4) is 0 Å². The van der Waals surface area contributed by atoms with Crippen LogP contribution in [-0.4, -0.2) is 4.98 Å². The monoisotopic (exact) mass is 224 g/mol. The summed E-state index contributed by atoms with van der Waals surface area (Å²) in [5.74, 6) is 0. The highest BCUT2D eigenvalue weighted by Gasteiger charge is 2.02. The van der Waals surface area contributed by atoms with E-state index >= 15 is 0 Å². The second-order valence-corrected chi connectivity index (χ2v) is 3.53. The van der Waals surface area contributed by atoms with Crippen molar-refractivity contribution in [2.24, 2.45) is 5.73 Å². The van der Waals surface area contributed by atoms with Gasteiger partial charge >= 0.3 is 0 Å². The summed E-state index contributed by atoms with van der Waals surface area (Å²) in [5, 5.41) is 1.20. The minimum absolute atomic E-state index is 0.580. The van der Waals surface area contributed by atoms with Crippen LogP contribution in [0.1, 0.15) is 5.56 Å². The standard InChI is InChI=1S/C9H9BrN2/c10-8-3-1-2-7-6(4-11)5-12-9(7)8/h1-3,5,12H,4,11H2. The number of nitrogens with one attached hydrogen (secondary N) is 1. The predicted molar refractivity (Wildman–Crippen MR) is 53.9 cm³/mol. The number of rotatable bonds is 1. The summed E-state index contributed by atoms with van der Waals surface area (Å²) < 4.78 is 1.08. The molecule has 1 heterocycles. The number of fused-ring (bicyclic) bond motifs is 1. The number of hydrogen-bond acceptors (Lipinski definition) is 1. The molecule has 2 rings (SSSR count). The third-order valence-electron chi connectivity index (χ3n) is 1.97. The largest absolute Gasteiger partial charge is 0.360 e. The van der Waals surface area contributed by atoms with Gasteiger partial charge in [-0.3, -0.25) is 0 Å². The van der Waals surface area contributed by atoms with Gasteiger partial charge in [0.15, 0.2) is 0 Å². The molecule has 0 bridgehead atoms. The maximum absolute atomic E-state index is 5.58. The number of para-hydroxylation sites is 1. The predicted octanol–water partition coefficient (Wildman–Crippen LogP) is 2.39. The van der Waals surface area contributed by atoms with E-state index in [1.165, 1.54) is 5.39 Å². The van der Waals surface area contributed by atoms with E-state index in [4.69, 9.17) is 5.73 Å². The molecule has 0 saturated carbocycles. The van der Waals surface area contributed by atoms with Gasteiger partial charge in [0.2, 0.25) is 0 Å². The highest BCUT2D eigenvalue weighted by molar-refractivity contribution is 9.10. The molecular formula is C9H9BrN2. The molecule has 1 aromatic heterocycles. The number of hydrogen-bond donors (Lipinski definition) is 2. The first kappa shape index (κ1) is 7.83. The van der Waals surface area contributed by atoms with Gasteiger partial charge in [0, 0.05) is 22.6 Å². The number of H-pyrrole nitrogens is 1. The lowest BCUT2D eigenvalue weighted by Gasteiger charge is -1.94. The van der Waals surface area contributed by atoms with Crippen LogP contribution in [0.4, 0.5) is 0 Å². The summed E-state index contributed by atoms with van der Waals surface area (Å²) in [6, 6.07) is 6.09. The first-order valence-electron chi connectivity index (χ1n) is 3.77. The van der Waals surface area contributed by atoms with Crippen LogP contribution < -0.4 is 5.73 Å². The van der Waals surface area contributed by atoms with E-state index in [0.29, 0.717) is 6.54 Å². The number of nitrogens with two attached hydrogens (primary N) is 1. The van der Waals surface area contributed by atoms with Crippen LogP contribution in [0.5, 0.6) is 0 Å². The highest BCUT2D eigenvalue weighted by Crippen LogP contribution is 2.24. The molecule has 1 aromatic carbocycles. The Bertz CT molecular complexity index is 406. The summed E-state index contributed by atoms with van der Waals surface area (Å²) >= 11 is 3.47. The second-order valence-electron chi connectivity index (χ2n) is 2.68. The molecule has 0 fully saturated rings. The summed E-state index contributed by atoms with van der Waals surface area (Å²) in [6.45, 7) is 0.580. The molecule has 3 N–H and O–H groups in total. The minimum Gasteiger partial charge on any atom is -0.360 e. The number of benzene rings is 1.